The molecular formula is C26H34N6O8S. The number of tetrazole rings is 1. The quantitative estimate of drug-likeness (QED) is 0.218. The summed E-state index contributed by atoms with van der Waals surface area (Å²) in [5.74, 6) is 0.616. The number of aliphatic hydroxyl groups excluding tert-OH is 2. The molecule has 1 aliphatic heterocycles. The predicted molar refractivity (Wildman–Crippen MR) is 146 cm³/mol. The van der Waals surface area contributed by atoms with E-state index in [1.165, 1.54) is 4.80 Å². The van der Waals surface area contributed by atoms with E-state index >= 15 is 0 Å². The minimum atomic E-state index is -4.50. The number of aliphatic hydroxyl groups is 2. The number of carbonyl (C=O) groups excluding carboxylic acids is 1. The van der Waals surface area contributed by atoms with Crippen LogP contribution in [0.1, 0.15) is 26.7 Å². The van der Waals surface area contributed by atoms with Crippen LogP contribution in [0.25, 0.3) is 11.4 Å². The maximum atomic E-state index is 12.2. The molecule has 3 aromatic rings. The molecule has 0 aliphatic carbocycles. The van der Waals surface area contributed by atoms with Gasteiger partial charge in [0.25, 0.3) is 5.91 Å². The molecule has 0 unspecified atom stereocenters. The standard InChI is InChI=1S/C26H34N6O8S/c1-3-16(2)22(27)26(35)30-41(36,37)38-15-21-24(34)23(33)20(40-21)13-14-32-29-25(28-31-32)17-9-11-19(12-10-17)39-18-7-5-4-6-8-18/h4-12,16,20-24,33-34H,3,13-15,27H2,1-2H3,(H,30,35)/t16-,20-,21+,22-,23-,24+/m0/s1. The molecule has 222 valence electrons. The summed E-state index contributed by atoms with van der Waals surface area (Å²) < 4.78 is 42.3. The number of amides is 1. The zero-order valence-electron chi connectivity index (χ0n) is 22.6. The lowest BCUT2D eigenvalue weighted by molar-refractivity contribution is -0.121. The van der Waals surface area contributed by atoms with Gasteiger partial charge >= 0.3 is 10.3 Å². The van der Waals surface area contributed by atoms with E-state index in [-0.39, 0.29) is 18.9 Å². The lowest BCUT2D eigenvalue weighted by Crippen LogP contribution is -2.47. The number of hydrogen-bond acceptors (Lipinski definition) is 12. The van der Waals surface area contributed by atoms with E-state index < -0.39 is 53.3 Å². The lowest BCUT2D eigenvalue weighted by Gasteiger charge is -2.18. The second-order valence-corrected chi connectivity index (χ2v) is 11.1. The molecule has 1 aromatic heterocycles. The number of nitrogens with zero attached hydrogens (tertiary/aromatic N) is 4. The van der Waals surface area contributed by atoms with E-state index in [0.29, 0.717) is 18.0 Å². The molecule has 1 fully saturated rings. The fourth-order valence-corrected chi connectivity index (χ4v) is 4.84. The van der Waals surface area contributed by atoms with Crippen LogP contribution in [0.4, 0.5) is 0 Å². The molecule has 0 bridgehead atoms. The molecule has 1 saturated heterocycles. The van der Waals surface area contributed by atoms with Gasteiger partial charge in [-0.3, -0.25) is 8.98 Å². The number of aromatic nitrogens is 4. The van der Waals surface area contributed by atoms with Crippen molar-refractivity contribution in [1.29, 1.82) is 0 Å². The van der Waals surface area contributed by atoms with E-state index in [2.05, 4.69) is 15.4 Å². The van der Waals surface area contributed by atoms with Crippen molar-refractivity contribution in [1.82, 2.24) is 24.9 Å². The minimum absolute atomic E-state index is 0.196. The first-order valence-electron chi connectivity index (χ1n) is 13.2. The van der Waals surface area contributed by atoms with Gasteiger partial charge in [-0.05, 0) is 54.0 Å². The number of aryl methyl sites for hydroxylation is 1. The van der Waals surface area contributed by atoms with Gasteiger partial charge in [-0.1, -0.05) is 38.5 Å². The average Bonchev–Trinajstić information content (AvgIpc) is 3.55. The van der Waals surface area contributed by atoms with Crippen molar-refractivity contribution in [3.8, 4) is 22.9 Å². The molecule has 1 amide bonds. The summed E-state index contributed by atoms with van der Waals surface area (Å²) in [6, 6.07) is 15.5. The zero-order chi connectivity index (χ0) is 29.6. The molecule has 6 atom stereocenters. The summed E-state index contributed by atoms with van der Waals surface area (Å²) in [7, 11) is -4.50. The van der Waals surface area contributed by atoms with Gasteiger partial charge in [-0.25, -0.2) is 4.72 Å². The van der Waals surface area contributed by atoms with Crippen LogP contribution in [-0.2, 0) is 30.6 Å². The molecule has 0 saturated carbocycles. The number of para-hydroxylation sites is 1. The fourth-order valence-electron chi connectivity index (χ4n) is 4.08. The molecule has 0 spiro atoms. The van der Waals surface area contributed by atoms with Crippen molar-refractivity contribution < 1.29 is 37.1 Å². The fraction of sp³-hybridized carbons (Fsp3) is 0.462. The van der Waals surface area contributed by atoms with Crippen LogP contribution in [0, 0.1) is 5.92 Å². The number of nitrogens with two attached hydrogens (primary N) is 1. The third kappa shape index (κ3) is 8.06. The van der Waals surface area contributed by atoms with Gasteiger partial charge in [0.1, 0.15) is 29.8 Å². The summed E-state index contributed by atoms with van der Waals surface area (Å²) in [4.78, 5) is 13.4. The Labute approximate surface area is 237 Å². The Kier molecular flexibility index (Phi) is 10.0. The van der Waals surface area contributed by atoms with Gasteiger partial charge in [-0.2, -0.15) is 13.2 Å². The van der Waals surface area contributed by atoms with Crippen LogP contribution in [-0.4, -0.2) is 81.8 Å². The van der Waals surface area contributed by atoms with Crippen LogP contribution in [0.5, 0.6) is 11.5 Å². The lowest BCUT2D eigenvalue weighted by atomic mass is 10.00. The predicted octanol–water partition coefficient (Wildman–Crippen LogP) is 0.763. The van der Waals surface area contributed by atoms with Crippen LogP contribution < -0.4 is 15.2 Å². The van der Waals surface area contributed by atoms with Crippen molar-refractivity contribution in [2.24, 2.45) is 11.7 Å². The first-order valence-corrected chi connectivity index (χ1v) is 14.6. The molecule has 15 heteroatoms. The van der Waals surface area contributed by atoms with Crippen LogP contribution in [0.3, 0.4) is 0 Å². The topological polar surface area (TPSA) is 201 Å². The molecule has 14 nitrogen and oxygen atoms in total. The highest BCUT2D eigenvalue weighted by Gasteiger charge is 2.43. The second kappa shape index (κ2) is 13.5. The van der Waals surface area contributed by atoms with Gasteiger partial charge in [0.15, 0.2) is 0 Å². The van der Waals surface area contributed by atoms with Crippen molar-refractivity contribution in [3.05, 3.63) is 54.6 Å². The Morgan fingerprint density at radius 3 is 2.44 bits per heavy atom. The summed E-state index contributed by atoms with van der Waals surface area (Å²) in [5.41, 5.74) is 6.47. The van der Waals surface area contributed by atoms with E-state index in [0.717, 1.165) is 11.3 Å². The Balaban J connectivity index is 1.26. The molecule has 0 radical (unpaired) electrons. The Hall–Kier alpha value is -3.47. The molecule has 2 heterocycles. The minimum Gasteiger partial charge on any atom is -0.457 e. The largest absolute Gasteiger partial charge is 0.457 e. The Bertz CT molecular complexity index is 1390. The van der Waals surface area contributed by atoms with E-state index in [4.69, 9.17) is 19.4 Å². The third-order valence-corrected chi connectivity index (χ3v) is 7.69. The number of hydrogen-bond donors (Lipinski definition) is 4. The van der Waals surface area contributed by atoms with E-state index in [1.807, 2.05) is 37.3 Å². The highest BCUT2D eigenvalue weighted by molar-refractivity contribution is 7.85. The monoisotopic (exact) mass is 590 g/mol. The van der Waals surface area contributed by atoms with Crippen molar-refractivity contribution in [3.63, 3.8) is 0 Å². The van der Waals surface area contributed by atoms with Crippen molar-refractivity contribution in [2.45, 2.75) is 63.7 Å². The Morgan fingerprint density at radius 2 is 1.76 bits per heavy atom. The normalized spacial score (nSPS) is 22.3. The molecule has 2 aromatic carbocycles. The zero-order valence-corrected chi connectivity index (χ0v) is 23.4. The second-order valence-electron chi connectivity index (χ2n) is 9.75. The molecule has 4 rings (SSSR count). The number of benzene rings is 2. The van der Waals surface area contributed by atoms with E-state index in [9.17, 15) is 23.4 Å². The first-order chi connectivity index (χ1) is 19.6. The number of carbonyl (C=O) groups is 1. The first kappa shape index (κ1) is 30.5. The number of ether oxygens (including phenoxy) is 2. The average molecular weight is 591 g/mol. The van der Waals surface area contributed by atoms with Gasteiger partial charge < -0.3 is 25.4 Å². The number of nitrogens with one attached hydrogen (secondary N) is 1. The highest BCUT2D eigenvalue weighted by Crippen LogP contribution is 2.26. The van der Waals surface area contributed by atoms with Crippen molar-refractivity contribution >= 4 is 16.2 Å². The highest BCUT2D eigenvalue weighted by atomic mass is 32.2. The van der Waals surface area contributed by atoms with Gasteiger partial charge in [0, 0.05) is 5.56 Å². The Morgan fingerprint density at radius 1 is 1.10 bits per heavy atom. The van der Waals surface area contributed by atoms with Crippen LogP contribution in [0.15, 0.2) is 54.6 Å². The molecule has 5 N–H and O–H groups in total. The third-order valence-electron chi connectivity index (χ3n) is 6.79. The summed E-state index contributed by atoms with van der Waals surface area (Å²) in [6.07, 6.45) is -3.94. The summed E-state index contributed by atoms with van der Waals surface area (Å²) in [5, 5.41) is 33.2. The summed E-state index contributed by atoms with van der Waals surface area (Å²) >= 11 is 0. The SMILES string of the molecule is CC[C@H](C)[C@H](N)C(=O)NS(=O)(=O)OC[C@H]1O[C@@H](CCn2nnc(-c3ccc(Oc4ccccc4)cc3)n2)[C@H](O)[C@@H]1O. The van der Waals surface area contributed by atoms with Crippen molar-refractivity contribution in [2.75, 3.05) is 6.61 Å². The van der Waals surface area contributed by atoms with Gasteiger partial charge in [0.2, 0.25) is 5.82 Å². The van der Waals surface area contributed by atoms with Crippen LogP contribution >= 0.6 is 0 Å². The summed E-state index contributed by atoms with van der Waals surface area (Å²) in [6.45, 7) is 3.12. The molecule has 1 aliphatic rings. The maximum Gasteiger partial charge on any atom is 0.362 e. The smallest absolute Gasteiger partial charge is 0.362 e. The number of rotatable bonds is 13. The van der Waals surface area contributed by atoms with Gasteiger partial charge in [-0.15, -0.1) is 10.2 Å². The maximum absolute atomic E-state index is 12.2. The van der Waals surface area contributed by atoms with Crippen LogP contribution in [0.2, 0.25) is 0 Å². The molecular weight excluding hydrogens is 556 g/mol. The van der Waals surface area contributed by atoms with E-state index in [1.54, 1.807) is 35.9 Å². The molecule has 41 heavy (non-hydrogen) atoms. The van der Waals surface area contributed by atoms with Gasteiger partial charge in [0.05, 0.1) is 25.3 Å².